The Labute approximate surface area is 171 Å². The number of aliphatic hydroxyl groups excluding tert-OH is 1. The van der Waals surface area contributed by atoms with Crippen LogP contribution in [0.5, 0.6) is 0 Å². The van der Waals surface area contributed by atoms with Gasteiger partial charge < -0.3 is 26.3 Å². The third kappa shape index (κ3) is 6.11. The first-order valence-corrected chi connectivity index (χ1v) is 8.89. The van der Waals surface area contributed by atoms with Gasteiger partial charge >= 0.3 is 5.91 Å². The minimum Gasteiger partial charge on any atom is -0.620 e. The maximum atomic E-state index is 13.6. The Hall–Kier alpha value is -1.78. The number of nitrogens with zero attached hydrogens (tertiary/aromatic N) is 2. The number of carbonyl (C=O) groups excluding carboxylic acids is 2. The number of nitrogens with one attached hydrogen (secondary N) is 1. The average Bonchev–Trinajstić information content (AvgIpc) is 2.64. The molecule has 0 radical (unpaired) electrons. The highest BCUT2D eigenvalue weighted by atomic mass is 35.5. The van der Waals surface area contributed by atoms with Crippen LogP contribution in [0, 0.1) is 11.0 Å². The SMILES string of the molecule is CCC[C@H](N)C(O)C(=O)NCC(=O)[N+]([O-])(CC)c1ccc(F)cc1N(C)C.Cl. The summed E-state index contributed by atoms with van der Waals surface area (Å²) in [6.45, 7) is 2.68. The van der Waals surface area contributed by atoms with Crippen molar-refractivity contribution in [3.63, 3.8) is 0 Å². The van der Waals surface area contributed by atoms with Gasteiger partial charge in [-0.05, 0) is 19.4 Å². The molecular weight excluding hydrogens is 391 g/mol. The van der Waals surface area contributed by atoms with Crippen LogP contribution in [-0.2, 0) is 9.59 Å². The van der Waals surface area contributed by atoms with Crippen LogP contribution in [0.4, 0.5) is 15.8 Å². The molecule has 0 aliphatic heterocycles. The van der Waals surface area contributed by atoms with Gasteiger partial charge in [0.25, 0.3) is 5.91 Å². The predicted octanol–water partition coefficient (Wildman–Crippen LogP) is 1.27. The minimum atomic E-state index is -1.46. The number of likely N-dealkylation sites (N-methyl/N-ethyl adjacent to an activating group) is 1. The Kier molecular flexibility index (Phi) is 10.6. The number of nitrogens with two attached hydrogens (primary N) is 1. The topological polar surface area (TPSA) is 119 Å². The number of carbonyl (C=O) groups is 2. The van der Waals surface area contributed by atoms with Crippen molar-refractivity contribution in [2.45, 2.75) is 38.8 Å². The quantitative estimate of drug-likeness (QED) is 0.409. The summed E-state index contributed by atoms with van der Waals surface area (Å²) < 4.78 is 12.2. The Morgan fingerprint density at radius 1 is 1.36 bits per heavy atom. The molecule has 0 spiro atoms. The lowest BCUT2D eigenvalue weighted by atomic mass is 10.1. The summed E-state index contributed by atoms with van der Waals surface area (Å²) in [6.07, 6.45) is -0.324. The Morgan fingerprint density at radius 3 is 2.46 bits per heavy atom. The first-order chi connectivity index (χ1) is 12.6. The maximum Gasteiger partial charge on any atom is 0.338 e. The molecule has 1 aromatic carbocycles. The molecule has 4 N–H and O–H groups in total. The highest BCUT2D eigenvalue weighted by molar-refractivity contribution is 5.96. The number of anilines is 1. The van der Waals surface area contributed by atoms with E-state index in [0.29, 0.717) is 12.8 Å². The lowest BCUT2D eigenvalue weighted by Gasteiger charge is -2.40. The second kappa shape index (κ2) is 11.3. The molecule has 0 saturated carbocycles. The lowest BCUT2D eigenvalue weighted by molar-refractivity contribution is -0.134. The van der Waals surface area contributed by atoms with Crippen LogP contribution in [0.1, 0.15) is 26.7 Å². The largest absolute Gasteiger partial charge is 0.620 e. The number of hydrogen-bond acceptors (Lipinski definition) is 6. The average molecular weight is 421 g/mol. The van der Waals surface area contributed by atoms with Gasteiger partial charge in [0, 0.05) is 32.3 Å². The Bertz CT molecular complexity index is 677. The monoisotopic (exact) mass is 420 g/mol. The third-order valence-corrected chi connectivity index (χ3v) is 4.37. The molecule has 0 saturated heterocycles. The molecule has 0 bridgehead atoms. The molecular formula is C18H30ClFN4O4. The van der Waals surface area contributed by atoms with Crippen molar-refractivity contribution in [3.8, 4) is 0 Å². The van der Waals surface area contributed by atoms with Gasteiger partial charge in [-0.3, -0.25) is 9.44 Å². The van der Waals surface area contributed by atoms with E-state index in [1.54, 1.807) is 19.0 Å². The molecule has 0 aromatic heterocycles. The van der Waals surface area contributed by atoms with E-state index >= 15 is 0 Å². The molecule has 0 fully saturated rings. The van der Waals surface area contributed by atoms with Crippen molar-refractivity contribution in [1.82, 2.24) is 9.96 Å². The molecule has 160 valence electrons. The normalized spacial score (nSPS) is 15.0. The second-order valence-corrected chi connectivity index (χ2v) is 6.59. The van der Waals surface area contributed by atoms with Gasteiger partial charge in [-0.1, -0.05) is 13.3 Å². The van der Waals surface area contributed by atoms with E-state index in [-0.39, 0.29) is 30.3 Å². The summed E-state index contributed by atoms with van der Waals surface area (Å²) in [6, 6.07) is 2.81. The first kappa shape index (κ1) is 26.2. The summed E-state index contributed by atoms with van der Waals surface area (Å²) in [7, 11) is 3.27. The van der Waals surface area contributed by atoms with Crippen LogP contribution in [-0.4, -0.2) is 56.3 Å². The second-order valence-electron chi connectivity index (χ2n) is 6.59. The number of rotatable bonds is 9. The Morgan fingerprint density at radius 2 is 1.96 bits per heavy atom. The zero-order chi connectivity index (χ0) is 20.8. The van der Waals surface area contributed by atoms with Gasteiger partial charge in [0.2, 0.25) is 0 Å². The molecule has 0 aliphatic rings. The van der Waals surface area contributed by atoms with Crippen molar-refractivity contribution < 1.29 is 19.1 Å². The van der Waals surface area contributed by atoms with E-state index in [0.717, 1.165) is 6.07 Å². The summed E-state index contributed by atoms with van der Waals surface area (Å²) in [5.74, 6) is -2.17. The number of amides is 2. The zero-order valence-electron chi connectivity index (χ0n) is 16.6. The maximum absolute atomic E-state index is 13.6. The molecule has 2 amide bonds. The molecule has 28 heavy (non-hydrogen) atoms. The van der Waals surface area contributed by atoms with Crippen molar-refractivity contribution >= 4 is 35.6 Å². The molecule has 8 nitrogen and oxygen atoms in total. The molecule has 0 aliphatic carbocycles. The number of halogens is 2. The van der Waals surface area contributed by atoms with Gasteiger partial charge in [0.1, 0.15) is 24.2 Å². The summed E-state index contributed by atoms with van der Waals surface area (Å²) in [5, 5.41) is 25.4. The van der Waals surface area contributed by atoms with Crippen molar-refractivity contribution in [2.75, 3.05) is 32.1 Å². The van der Waals surface area contributed by atoms with Crippen LogP contribution in [0.3, 0.4) is 0 Å². The lowest BCUT2D eigenvalue weighted by Crippen LogP contribution is -2.55. The minimum absolute atomic E-state index is 0. The standard InChI is InChI=1S/C18H29FN4O4.ClH/c1-5-7-13(20)17(25)18(26)21-11-16(24)23(27,6-2)15-9-8-12(19)10-14(15)22(3)4;/h8-10,13,17,25H,5-7,11,20H2,1-4H3,(H,21,26);1H/t13-,17?,23?;/m0./s1. The highest BCUT2D eigenvalue weighted by Gasteiger charge is 2.33. The number of hydroxylamine groups is 2. The molecule has 1 aromatic rings. The van der Waals surface area contributed by atoms with Crippen molar-refractivity contribution in [1.29, 1.82) is 0 Å². The molecule has 1 rings (SSSR count). The van der Waals surface area contributed by atoms with E-state index in [2.05, 4.69) is 5.32 Å². The Balaban J connectivity index is 0.00000729. The number of hydrogen-bond donors (Lipinski definition) is 3. The van der Waals surface area contributed by atoms with E-state index < -0.39 is 41.0 Å². The third-order valence-electron chi connectivity index (χ3n) is 4.37. The number of aliphatic hydroxyl groups is 1. The van der Waals surface area contributed by atoms with Gasteiger partial charge in [-0.15, -0.1) is 12.4 Å². The first-order valence-electron chi connectivity index (χ1n) is 8.89. The van der Waals surface area contributed by atoms with Gasteiger partial charge in [-0.2, -0.15) is 0 Å². The number of quaternary nitrogens is 1. The molecule has 3 atom stereocenters. The van der Waals surface area contributed by atoms with Crippen molar-refractivity contribution in [3.05, 3.63) is 29.2 Å². The van der Waals surface area contributed by atoms with Crippen LogP contribution in [0.15, 0.2) is 18.2 Å². The fourth-order valence-corrected chi connectivity index (χ4v) is 2.72. The highest BCUT2D eigenvalue weighted by Crippen LogP contribution is 2.33. The smallest absolute Gasteiger partial charge is 0.338 e. The molecule has 0 heterocycles. The predicted molar refractivity (Wildman–Crippen MR) is 111 cm³/mol. The molecule has 10 heteroatoms. The fourth-order valence-electron chi connectivity index (χ4n) is 2.72. The fraction of sp³-hybridized carbons (Fsp3) is 0.556. The summed E-state index contributed by atoms with van der Waals surface area (Å²) in [5.41, 5.74) is 6.05. The van der Waals surface area contributed by atoms with E-state index in [1.807, 2.05) is 6.92 Å². The number of benzene rings is 1. The van der Waals surface area contributed by atoms with Gasteiger partial charge in [-0.25, -0.2) is 9.18 Å². The van der Waals surface area contributed by atoms with Crippen LogP contribution in [0.2, 0.25) is 0 Å². The van der Waals surface area contributed by atoms with E-state index in [1.165, 1.54) is 19.1 Å². The zero-order valence-corrected chi connectivity index (χ0v) is 17.5. The summed E-state index contributed by atoms with van der Waals surface area (Å²) in [4.78, 5) is 26.1. The van der Waals surface area contributed by atoms with Gasteiger partial charge in [0.05, 0.1) is 6.54 Å². The molecule has 2 unspecified atom stereocenters. The van der Waals surface area contributed by atoms with E-state index in [4.69, 9.17) is 5.73 Å². The van der Waals surface area contributed by atoms with Crippen LogP contribution < -0.4 is 20.6 Å². The van der Waals surface area contributed by atoms with Crippen LogP contribution in [0.25, 0.3) is 0 Å². The van der Waals surface area contributed by atoms with Crippen molar-refractivity contribution in [2.24, 2.45) is 5.73 Å². The van der Waals surface area contributed by atoms with Crippen LogP contribution >= 0.6 is 12.4 Å². The van der Waals surface area contributed by atoms with Gasteiger partial charge in [0.15, 0.2) is 5.69 Å². The summed E-state index contributed by atoms with van der Waals surface area (Å²) >= 11 is 0. The van der Waals surface area contributed by atoms with E-state index in [9.17, 15) is 24.3 Å².